The number of rotatable bonds is 2. The topological polar surface area (TPSA) is 57.6 Å². The Morgan fingerprint density at radius 1 is 1.10 bits per heavy atom. The summed E-state index contributed by atoms with van der Waals surface area (Å²) >= 11 is 0. The summed E-state index contributed by atoms with van der Waals surface area (Å²) in [5.41, 5.74) is 0.449. The van der Waals surface area contributed by atoms with Crippen LogP contribution in [0.25, 0.3) is 0 Å². The van der Waals surface area contributed by atoms with Gasteiger partial charge in [-0.3, -0.25) is 9.59 Å². The number of nitrogens with zero attached hydrogens (tertiary/aromatic N) is 1. The highest BCUT2D eigenvalue weighted by Crippen LogP contribution is 2.68. The Balaban J connectivity index is 1.47. The molecular formula is C16H23NO3. The highest BCUT2D eigenvalue weighted by molar-refractivity contribution is 5.83. The fourth-order valence-electron chi connectivity index (χ4n) is 5.51. The molecule has 1 N–H and O–H groups in total. The summed E-state index contributed by atoms with van der Waals surface area (Å²) in [6.45, 7) is 4.62. The number of fused-ring (bicyclic) bond motifs is 3. The minimum Gasteiger partial charge on any atom is -0.481 e. The molecule has 110 valence electrons. The van der Waals surface area contributed by atoms with Gasteiger partial charge in [0.05, 0.1) is 5.92 Å². The van der Waals surface area contributed by atoms with E-state index in [1.165, 1.54) is 0 Å². The first kappa shape index (κ1) is 12.7. The van der Waals surface area contributed by atoms with Gasteiger partial charge in [0.25, 0.3) is 0 Å². The molecular weight excluding hydrogens is 254 g/mol. The SMILES string of the molecule is CC1(C)[C@@H]2CC(C(=O)N3[C@@H]4CC[C@H]3[C@H](C(=O)O)C4)C[C@@H]21. The zero-order valence-corrected chi connectivity index (χ0v) is 12.2. The van der Waals surface area contributed by atoms with E-state index in [-0.39, 0.29) is 29.8 Å². The Kier molecular flexibility index (Phi) is 2.39. The van der Waals surface area contributed by atoms with Crippen molar-refractivity contribution < 1.29 is 14.7 Å². The molecule has 20 heavy (non-hydrogen) atoms. The van der Waals surface area contributed by atoms with Crippen molar-refractivity contribution in [3.05, 3.63) is 0 Å². The summed E-state index contributed by atoms with van der Waals surface area (Å²) in [6, 6.07) is 0.188. The number of amides is 1. The van der Waals surface area contributed by atoms with Gasteiger partial charge in [0, 0.05) is 18.0 Å². The summed E-state index contributed by atoms with van der Waals surface area (Å²) in [7, 11) is 0. The molecule has 4 heteroatoms. The standard InChI is InChI=1S/C16H23NO3/c1-16(2)11-5-8(6-12(11)16)14(18)17-9-3-4-13(17)10(7-9)15(19)20/h8-13H,3-7H2,1-2H3,(H,19,20)/t8?,9-,10-,11-,12+,13+/m1/s1. The Hall–Kier alpha value is -1.06. The maximum Gasteiger partial charge on any atom is 0.308 e. The van der Waals surface area contributed by atoms with E-state index in [1.807, 2.05) is 4.90 Å². The van der Waals surface area contributed by atoms with Gasteiger partial charge in [-0.1, -0.05) is 13.8 Å². The van der Waals surface area contributed by atoms with Crippen molar-refractivity contribution in [2.45, 2.75) is 58.0 Å². The van der Waals surface area contributed by atoms with Crippen LogP contribution in [0.5, 0.6) is 0 Å². The molecule has 4 aliphatic rings. The first-order chi connectivity index (χ1) is 9.41. The van der Waals surface area contributed by atoms with Gasteiger partial charge in [-0.15, -0.1) is 0 Å². The van der Waals surface area contributed by atoms with E-state index >= 15 is 0 Å². The lowest BCUT2D eigenvalue weighted by Gasteiger charge is -2.27. The molecule has 2 aliphatic heterocycles. The second-order valence-corrected chi connectivity index (χ2v) is 7.93. The van der Waals surface area contributed by atoms with E-state index in [2.05, 4.69) is 13.8 Å². The molecule has 0 radical (unpaired) electrons. The van der Waals surface area contributed by atoms with Gasteiger partial charge >= 0.3 is 5.97 Å². The monoisotopic (exact) mass is 277 g/mol. The molecule has 2 saturated carbocycles. The van der Waals surface area contributed by atoms with Crippen LogP contribution in [-0.4, -0.2) is 34.0 Å². The van der Waals surface area contributed by atoms with E-state index in [4.69, 9.17) is 0 Å². The Morgan fingerprint density at radius 3 is 2.30 bits per heavy atom. The third kappa shape index (κ3) is 1.48. The Morgan fingerprint density at radius 2 is 1.75 bits per heavy atom. The Labute approximate surface area is 119 Å². The molecule has 0 spiro atoms. The zero-order valence-electron chi connectivity index (χ0n) is 12.2. The van der Waals surface area contributed by atoms with Crippen molar-refractivity contribution in [1.29, 1.82) is 0 Å². The molecule has 2 bridgehead atoms. The van der Waals surface area contributed by atoms with Gasteiger partial charge in [-0.05, 0) is 49.4 Å². The maximum absolute atomic E-state index is 12.8. The predicted molar refractivity (Wildman–Crippen MR) is 72.9 cm³/mol. The third-order valence-corrected chi connectivity index (χ3v) is 6.82. The summed E-state index contributed by atoms with van der Waals surface area (Å²) in [4.78, 5) is 26.0. The molecule has 1 unspecified atom stereocenters. The summed E-state index contributed by atoms with van der Waals surface area (Å²) in [5.74, 6) is 0.868. The zero-order chi connectivity index (χ0) is 14.2. The van der Waals surface area contributed by atoms with Gasteiger partial charge in [0.15, 0.2) is 0 Å². The number of hydrogen-bond donors (Lipinski definition) is 1. The van der Waals surface area contributed by atoms with Gasteiger partial charge in [0.2, 0.25) is 5.91 Å². The quantitative estimate of drug-likeness (QED) is 0.841. The lowest BCUT2D eigenvalue weighted by molar-refractivity contribution is -0.143. The largest absolute Gasteiger partial charge is 0.481 e. The highest BCUT2D eigenvalue weighted by atomic mass is 16.4. The molecule has 4 nitrogen and oxygen atoms in total. The van der Waals surface area contributed by atoms with Crippen molar-refractivity contribution in [3.8, 4) is 0 Å². The van der Waals surface area contributed by atoms with Crippen LogP contribution < -0.4 is 0 Å². The predicted octanol–water partition coefficient (Wildman–Crippen LogP) is 2.13. The lowest BCUT2D eigenvalue weighted by Crippen LogP contribution is -2.41. The molecule has 4 fully saturated rings. The average Bonchev–Trinajstić information content (AvgIpc) is 2.94. The van der Waals surface area contributed by atoms with Crippen molar-refractivity contribution in [2.24, 2.45) is 29.1 Å². The van der Waals surface area contributed by atoms with Crippen LogP contribution >= 0.6 is 0 Å². The van der Waals surface area contributed by atoms with E-state index < -0.39 is 5.97 Å². The molecule has 0 aromatic carbocycles. The van der Waals surface area contributed by atoms with E-state index in [1.54, 1.807) is 0 Å². The van der Waals surface area contributed by atoms with Gasteiger partial charge in [-0.2, -0.15) is 0 Å². The lowest BCUT2D eigenvalue weighted by atomic mass is 9.89. The first-order valence-electron chi connectivity index (χ1n) is 7.96. The molecule has 2 heterocycles. The summed E-state index contributed by atoms with van der Waals surface area (Å²) < 4.78 is 0. The fraction of sp³-hybridized carbons (Fsp3) is 0.875. The number of hydrogen-bond acceptors (Lipinski definition) is 2. The molecule has 2 aliphatic carbocycles. The van der Waals surface area contributed by atoms with Crippen LogP contribution in [0.15, 0.2) is 0 Å². The van der Waals surface area contributed by atoms with Crippen molar-refractivity contribution in [3.63, 3.8) is 0 Å². The average molecular weight is 277 g/mol. The minimum absolute atomic E-state index is 0.0186. The van der Waals surface area contributed by atoms with Crippen LogP contribution in [0, 0.1) is 29.1 Å². The molecule has 4 rings (SSSR count). The first-order valence-corrected chi connectivity index (χ1v) is 7.96. The molecule has 0 aromatic rings. The van der Waals surface area contributed by atoms with Crippen molar-refractivity contribution in [2.75, 3.05) is 0 Å². The van der Waals surface area contributed by atoms with Gasteiger partial charge < -0.3 is 10.0 Å². The van der Waals surface area contributed by atoms with Crippen molar-refractivity contribution >= 4 is 11.9 Å². The number of carbonyl (C=O) groups is 2. The number of carboxylic acids is 1. The number of aliphatic carboxylic acids is 1. The third-order valence-electron chi connectivity index (χ3n) is 6.82. The number of carboxylic acid groups (broad SMARTS) is 1. The van der Waals surface area contributed by atoms with E-state index in [0.717, 1.165) is 37.5 Å². The van der Waals surface area contributed by atoms with Crippen LogP contribution in [-0.2, 0) is 9.59 Å². The smallest absolute Gasteiger partial charge is 0.308 e. The van der Waals surface area contributed by atoms with E-state index in [0.29, 0.717) is 11.8 Å². The molecule has 2 saturated heterocycles. The van der Waals surface area contributed by atoms with Gasteiger partial charge in [0.1, 0.15) is 0 Å². The second kappa shape index (κ2) is 3.77. The normalized spacial score (nSPS) is 47.4. The number of carbonyl (C=O) groups excluding carboxylic acids is 1. The highest BCUT2D eigenvalue weighted by Gasteiger charge is 2.64. The van der Waals surface area contributed by atoms with Crippen LogP contribution in [0.3, 0.4) is 0 Å². The molecule has 0 aromatic heterocycles. The van der Waals surface area contributed by atoms with Crippen LogP contribution in [0.2, 0.25) is 0 Å². The summed E-state index contributed by atoms with van der Waals surface area (Å²) in [6.07, 6.45) is 4.63. The van der Waals surface area contributed by atoms with E-state index in [9.17, 15) is 14.7 Å². The second-order valence-electron chi connectivity index (χ2n) is 7.93. The van der Waals surface area contributed by atoms with Crippen LogP contribution in [0.1, 0.15) is 46.0 Å². The maximum atomic E-state index is 12.8. The Bertz CT molecular complexity index is 472. The van der Waals surface area contributed by atoms with Crippen LogP contribution in [0.4, 0.5) is 0 Å². The summed E-state index contributed by atoms with van der Waals surface area (Å²) in [5, 5.41) is 9.28. The van der Waals surface area contributed by atoms with Crippen molar-refractivity contribution in [1.82, 2.24) is 4.90 Å². The minimum atomic E-state index is -0.717. The fourth-order valence-corrected chi connectivity index (χ4v) is 5.51. The van der Waals surface area contributed by atoms with Gasteiger partial charge in [-0.25, -0.2) is 0 Å². The molecule has 6 atom stereocenters. The molecule has 1 amide bonds.